The summed E-state index contributed by atoms with van der Waals surface area (Å²) in [5, 5.41) is 10.7. The molecule has 1 aromatic carbocycles. The summed E-state index contributed by atoms with van der Waals surface area (Å²) in [4.78, 5) is 0. The first-order chi connectivity index (χ1) is 11.3. The summed E-state index contributed by atoms with van der Waals surface area (Å²) in [6.07, 6.45) is 7.99. The Morgan fingerprint density at radius 1 is 1.33 bits per heavy atom. The molecule has 1 N–H and O–H groups in total. The molecule has 132 valence electrons. The SMILES string of the molecule is CCC(C)CCc1cc(O)c2c(c1)OC(C)(C)C1CCC(C)=CC21. The third-order valence-electron chi connectivity index (χ3n) is 6.15. The van der Waals surface area contributed by atoms with E-state index >= 15 is 0 Å². The van der Waals surface area contributed by atoms with E-state index in [9.17, 15) is 5.11 Å². The van der Waals surface area contributed by atoms with Crippen molar-refractivity contribution in [1.29, 1.82) is 0 Å². The summed E-state index contributed by atoms with van der Waals surface area (Å²) in [7, 11) is 0. The molecule has 0 saturated heterocycles. The summed E-state index contributed by atoms with van der Waals surface area (Å²) in [6, 6.07) is 4.14. The Hall–Kier alpha value is -1.44. The highest BCUT2D eigenvalue weighted by Gasteiger charge is 2.45. The van der Waals surface area contributed by atoms with Crippen LogP contribution in [-0.4, -0.2) is 10.7 Å². The number of phenols is 1. The summed E-state index contributed by atoms with van der Waals surface area (Å²) in [5.74, 6) is 2.75. The minimum Gasteiger partial charge on any atom is -0.507 e. The van der Waals surface area contributed by atoms with E-state index < -0.39 is 0 Å². The molecule has 1 aliphatic carbocycles. The molecule has 3 rings (SSSR count). The first kappa shape index (κ1) is 17.4. The fraction of sp³-hybridized carbons (Fsp3) is 0.636. The molecule has 2 aliphatic rings. The Kier molecular flexibility index (Phi) is 4.68. The number of ether oxygens (including phenoxy) is 1. The third-order valence-corrected chi connectivity index (χ3v) is 6.15. The van der Waals surface area contributed by atoms with Crippen LogP contribution in [0.2, 0.25) is 0 Å². The summed E-state index contributed by atoms with van der Waals surface area (Å²) >= 11 is 0. The van der Waals surface area contributed by atoms with E-state index in [1.54, 1.807) is 0 Å². The third kappa shape index (κ3) is 3.20. The smallest absolute Gasteiger partial charge is 0.127 e. The number of fused-ring (bicyclic) bond motifs is 3. The van der Waals surface area contributed by atoms with Gasteiger partial charge in [0.25, 0.3) is 0 Å². The highest BCUT2D eigenvalue weighted by molar-refractivity contribution is 5.54. The van der Waals surface area contributed by atoms with Gasteiger partial charge in [0.15, 0.2) is 0 Å². The second-order valence-corrected chi connectivity index (χ2v) is 8.47. The largest absolute Gasteiger partial charge is 0.507 e. The van der Waals surface area contributed by atoms with E-state index in [-0.39, 0.29) is 11.5 Å². The van der Waals surface area contributed by atoms with Gasteiger partial charge in [0.05, 0.1) is 0 Å². The summed E-state index contributed by atoms with van der Waals surface area (Å²) in [5.41, 5.74) is 3.44. The quantitative estimate of drug-likeness (QED) is 0.689. The van der Waals surface area contributed by atoms with E-state index in [1.807, 2.05) is 6.07 Å². The average molecular weight is 328 g/mol. The molecule has 1 aliphatic heterocycles. The van der Waals surface area contributed by atoms with Crippen molar-refractivity contribution in [3.8, 4) is 11.5 Å². The molecule has 0 bridgehead atoms. The van der Waals surface area contributed by atoms with Gasteiger partial charge in [-0.2, -0.15) is 0 Å². The minimum absolute atomic E-state index is 0.184. The fourth-order valence-corrected chi connectivity index (χ4v) is 4.34. The Bertz CT molecular complexity index is 642. The lowest BCUT2D eigenvalue weighted by Gasteiger charge is -2.46. The molecular formula is C22H32O2. The van der Waals surface area contributed by atoms with E-state index in [1.165, 1.54) is 17.6 Å². The maximum absolute atomic E-state index is 10.7. The van der Waals surface area contributed by atoms with Crippen molar-refractivity contribution in [2.75, 3.05) is 0 Å². The van der Waals surface area contributed by atoms with Gasteiger partial charge >= 0.3 is 0 Å². The van der Waals surface area contributed by atoms with Crippen LogP contribution in [0.15, 0.2) is 23.8 Å². The lowest BCUT2D eigenvalue weighted by Crippen LogP contribution is -2.45. The van der Waals surface area contributed by atoms with E-state index in [0.29, 0.717) is 17.6 Å². The monoisotopic (exact) mass is 328 g/mol. The van der Waals surface area contributed by atoms with Crippen LogP contribution in [0.5, 0.6) is 11.5 Å². The molecule has 0 fully saturated rings. The number of aryl methyl sites for hydroxylation is 1. The van der Waals surface area contributed by atoms with Gasteiger partial charge in [0.1, 0.15) is 17.1 Å². The lowest BCUT2D eigenvalue weighted by atomic mass is 9.68. The Labute approximate surface area is 146 Å². The van der Waals surface area contributed by atoms with Gasteiger partial charge in [0, 0.05) is 17.4 Å². The van der Waals surface area contributed by atoms with Gasteiger partial charge in [-0.05, 0) is 70.1 Å². The van der Waals surface area contributed by atoms with Gasteiger partial charge in [-0.25, -0.2) is 0 Å². The molecule has 3 unspecified atom stereocenters. The number of hydrogen-bond donors (Lipinski definition) is 1. The standard InChI is InChI=1S/C22H32O2/c1-6-14(2)7-9-16-12-19(23)21-17-11-15(3)8-10-18(17)22(4,5)24-20(21)13-16/h11-14,17-18,23H,6-10H2,1-5H3. The molecule has 0 spiro atoms. The number of aromatic hydroxyl groups is 1. The average Bonchev–Trinajstić information content (AvgIpc) is 2.51. The lowest BCUT2D eigenvalue weighted by molar-refractivity contribution is 0.0107. The van der Waals surface area contributed by atoms with Crippen molar-refractivity contribution < 1.29 is 9.84 Å². The number of phenolic OH excluding ortho intramolecular Hbond substituents is 1. The number of rotatable bonds is 4. The molecule has 2 nitrogen and oxygen atoms in total. The highest BCUT2D eigenvalue weighted by atomic mass is 16.5. The molecule has 0 amide bonds. The van der Waals surface area contributed by atoms with E-state index in [4.69, 9.17) is 4.74 Å². The van der Waals surface area contributed by atoms with Crippen LogP contribution >= 0.6 is 0 Å². The molecule has 0 aromatic heterocycles. The van der Waals surface area contributed by atoms with Crippen LogP contribution in [0.4, 0.5) is 0 Å². The molecule has 1 heterocycles. The molecule has 2 heteroatoms. The van der Waals surface area contributed by atoms with E-state index in [0.717, 1.165) is 37.0 Å². The highest BCUT2D eigenvalue weighted by Crippen LogP contribution is 2.53. The maximum Gasteiger partial charge on any atom is 0.127 e. The van der Waals surface area contributed by atoms with Gasteiger partial charge in [-0.3, -0.25) is 0 Å². The van der Waals surface area contributed by atoms with Crippen molar-refractivity contribution in [2.24, 2.45) is 11.8 Å². The number of benzene rings is 1. The molecule has 1 aromatic rings. The van der Waals surface area contributed by atoms with Crippen LogP contribution in [0.25, 0.3) is 0 Å². The zero-order valence-electron chi connectivity index (χ0n) is 15.9. The zero-order chi connectivity index (χ0) is 17.5. The van der Waals surface area contributed by atoms with Gasteiger partial charge in [0.2, 0.25) is 0 Å². The summed E-state index contributed by atoms with van der Waals surface area (Å²) in [6.45, 7) is 11.1. The Morgan fingerprint density at radius 3 is 2.79 bits per heavy atom. The first-order valence-electron chi connectivity index (χ1n) is 9.54. The van der Waals surface area contributed by atoms with Gasteiger partial charge in [-0.1, -0.05) is 31.9 Å². The maximum atomic E-state index is 10.7. The van der Waals surface area contributed by atoms with Gasteiger partial charge < -0.3 is 9.84 Å². The molecule has 0 saturated carbocycles. The van der Waals surface area contributed by atoms with Crippen LogP contribution in [-0.2, 0) is 6.42 Å². The Morgan fingerprint density at radius 2 is 2.08 bits per heavy atom. The zero-order valence-corrected chi connectivity index (χ0v) is 15.9. The normalized spacial score (nSPS) is 26.0. The predicted molar refractivity (Wildman–Crippen MR) is 99.8 cm³/mol. The molecule has 0 radical (unpaired) electrons. The van der Waals surface area contributed by atoms with Crippen LogP contribution in [0.1, 0.15) is 77.3 Å². The molecular weight excluding hydrogens is 296 g/mol. The molecule has 24 heavy (non-hydrogen) atoms. The minimum atomic E-state index is -0.184. The number of hydrogen-bond acceptors (Lipinski definition) is 2. The van der Waals surface area contributed by atoms with Crippen LogP contribution in [0.3, 0.4) is 0 Å². The van der Waals surface area contributed by atoms with Crippen LogP contribution < -0.4 is 4.74 Å². The molecule has 3 atom stereocenters. The summed E-state index contributed by atoms with van der Waals surface area (Å²) < 4.78 is 6.39. The second-order valence-electron chi connectivity index (χ2n) is 8.47. The second kappa shape index (κ2) is 6.46. The fourth-order valence-electron chi connectivity index (χ4n) is 4.34. The number of allylic oxidation sites excluding steroid dienone is 2. The van der Waals surface area contributed by atoms with Crippen molar-refractivity contribution in [1.82, 2.24) is 0 Å². The van der Waals surface area contributed by atoms with Gasteiger partial charge in [-0.15, -0.1) is 0 Å². The predicted octanol–water partition coefficient (Wildman–Crippen LogP) is 5.98. The van der Waals surface area contributed by atoms with Crippen molar-refractivity contribution in [3.05, 3.63) is 34.9 Å². The van der Waals surface area contributed by atoms with E-state index in [2.05, 4.69) is 46.8 Å². The van der Waals surface area contributed by atoms with Crippen molar-refractivity contribution in [2.45, 2.75) is 78.2 Å². The first-order valence-corrected chi connectivity index (χ1v) is 9.54. The van der Waals surface area contributed by atoms with Crippen molar-refractivity contribution >= 4 is 0 Å². The van der Waals surface area contributed by atoms with Crippen LogP contribution in [0, 0.1) is 11.8 Å². The Balaban J connectivity index is 1.97. The van der Waals surface area contributed by atoms with Crippen molar-refractivity contribution in [3.63, 3.8) is 0 Å². The topological polar surface area (TPSA) is 29.5 Å².